The highest BCUT2D eigenvalue weighted by molar-refractivity contribution is 5.81. The van der Waals surface area contributed by atoms with Gasteiger partial charge in [-0.1, -0.05) is 45.0 Å². The molecule has 0 radical (unpaired) electrons. The first-order valence-electron chi connectivity index (χ1n) is 7.61. The first-order chi connectivity index (χ1) is 9.95. The third kappa shape index (κ3) is 5.14. The summed E-state index contributed by atoms with van der Waals surface area (Å²) in [6.45, 7) is 11.0. The van der Waals surface area contributed by atoms with Crippen LogP contribution in [0.25, 0.3) is 0 Å². The molecule has 1 N–H and O–H groups in total. The van der Waals surface area contributed by atoms with Gasteiger partial charge in [0.2, 0.25) is 5.91 Å². The SMILES string of the molecule is CC(C)(C)C(=O)NCc1ccc(CN2CCOCC2)cc1. The Balaban J connectivity index is 1.82. The number of rotatable bonds is 4. The molecule has 1 aliphatic rings. The lowest BCUT2D eigenvalue weighted by Crippen LogP contribution is -2.35. The standard InChI is InChI=1S/C17H26N2O2/c1-17(2,3)16(20)18-12-14-4-6-15(7-5-14)13-19-8-10-21-11-9-19/h4-7H,8-13H2,1-3H3,(H,18,20). The normalized spacial score (nSPS) is 16.7. The van der Waals surface area contributed by atoms with E-state index in [0.29, 0.717) is 6.54 Å². The molecule has 0 atom stereocenters. The molecule has 1 aromatic rings. The molecule has 0 saturated carbocycles. The predicted octanol–water partition coefficient (Wildman–Crippen LogP) is 2.18. The fourth-order valence-corrected chi connectivity index (χ4v) is 2.23. The van der Waals surface area contributed by atoms with Crippen molar-refractivity contribution in [1.82, 2.24) is 10.2 Å². The van der Waals surface area contributed by atoms with Crippen LogP contribution in [0.15, 0.2) is 24.3 Å². The van der Waals surface area contributed by atoms with E-state index in [1.807, 2.05) is 20.8 Å². The summed E-state index contributed by atoms with van der Waals surface area (Å²) in [4.78, 5) is 14.2. The number of amides is 1. The van der Waals surface area contributed by atoms with Crippen molar-refractivity contribution in [2.75, 3.05) is 26.3 Å². The molecular formula is C17H26N2O2. The van der Waals surface area contributed by atoms with Gasteiger partial charge in [-0.05, 0) is 11.1 Å². The molecule has 1 fully saturated rings. The summed E-state index contributed by atoms with van der Waals surface area (Å²) in [6, 6.07) is 8.49. The number of hydrogen-bond donors (Lipinski definition) is 1. The number of morpholine rings is 1. The van der Waals surface area contributed by atoms with Crippen molar-refractivity contribution in [3.8, 4) is 0 Å². The Morgan fingerprint density at radius 2 is 1.71 bits per heavy atom. The monoisotopic (exact) mass is 290 g/mol. The van der Waals surface area contributed by atoms with Gasteiger partial charge < -0.3 is 10.1 Å². The van der Waals surface area contributed by atoms with E-state index in [9.17, 15) is 4.79 Å². The van der Waals surface area contributed by atoms with E-state index in [0.717, 1.165) is 38.4 Å². The van der Waals surface area contributed by atoms with Crippen LogP contribution in [0, 0.1) is 5.41 Å². The lowest BCUT2D eigenvalue weighted by Gasteiger charge is -2.26. The van der Waals surface area contributed by atoms with Gasteiger partial charge in [0, 0.05) is 31.6 Å². The number of carbonyl (C=O) groups is 1. The van der Waals surface area contributed by atoms with Crippen molar-refractivity contribution < 1.29 is 9.53 Å². The highest BCUT2D eigenvalue weighted by Gasteiger charge is 2.20. The average Bonchev–Trinajstić information content (AvgIpc) is 2.46. The van der Waals surface area contributed by atoms with Crippen LogP contribution in [0.5, 0.6) is 0 Å². The summed E-state index contributed by atoms with van der Waals surface area (Å²) in [5.74, 6) is 0.0832. The minimum Gasteiger partial charge on any atom is -0.379 e. The van der Waals surface area contributed by atoms with Crippen LogP contribution in [0.4, 0.5) is 0 Å². The fraction of sp³-hybridized carbons (Fsp3) is 0.588. The second-order valence-corrected chi connectivity index (χ2v) is 6.64. The van der Waals surface area contributed by atoms with Crippen LogP contribution in [-0.2, 0) is 22.6 Å². The molecule has 116 valence electrons. The Morgan fingerprint density at radius 3 is 2.29 bits per heavy atom. The molecular weight excluding hydrogens is 264 g/mol. The summed E-state index contributed by atoms with van der Waals surface area (Å²) < 4.78 is 5.36. The summed E-state index contributed by atoms with van der Waals surface area (Å²) >= 11 is 0. The van der Waals surface area contributed by atoms with Gasteiger partial charge in [-0.15, -0.1) is 0 Å². The lowest BCUT2D eigenvalue weighted by atomic mass is 9.95. The Morgan fingerprint density at radius 1 is 1.14 bits per heavy atom. The van der Waals surface area contributed by atoms with E-state index in [2.05, 4.69) is 34.5 Å². The van der Waals surface area contributed by atoms with Crippen molar-refractivity contribution in [2.24, 2.45) is 5.41 Å². The zero-order valence-corrected chi connectivity index (χ0v) is 13.3. The van der Waals surface area contributed by atoms with Crippen LogP contribution in [0.1, 0.15) is 31.9 Å². The maximum Gasteiger partial charge on any atom is 0.225 e. The molecule has 1 saturated heterocycles. The topological polar surface area (TPSA) is 41.6 Å². The van der Waals surface area contributed by atoms with Crippen molar-refractivity contribution in [3.63, 3.8) is 0 Å². The quantitative estimate of drug-likeness (QED) is 0.924. The minimum absolute atomic E-state index is 0.0832. The van der Waals surface area contributed by atoms with Crippen LogP contribution < -0.4 is 5.32 Å². The van der Waals surface area contributed by atoms with Gasteiger partial charge in [0.25, 0.3) is 0 Å². The summed E-state index contributed by atoms with van der Waals surface area (Å²) in [5.41, 5.74) is 2.11. The molecule has 4 heteroatoms. The molecule has 0 spiro atoms. The van der Waals surface area contributed by atoms with E-state index < -0.39 is 0 Å². The van der Waals surface area contributed by atoms with Gasteiger partial charge in [0.05, 0.1) is 13.2 Å². The van der Waals surface area contributed by atoms with Crippen molar-refractivity contribution in [3.05, 3.63) is 35.4 Å². The van der Waals surface area contributed by atoms with Crippen molar-refractivity contribution >= 4 is 5.91 Å². The second kappa shape index (κ2) is 7.05. The third-order valence-corrected chi connectivity index (χ3v) is 3.67. The molecule has 21 heavy (non-hydrogen) atoms. The molecule has 2 rings (SSSR count). The van der Waals surface area contributed by atoms with E-state index in [1.54, 1.807) is 0 Å². The van der Waals surface area contributed by atoms with E-state index >= 15 is 0 Å². The molecule has 0 bridgehead atoms. The number of hydrogen-bond acceptors (Lipinski definition) is 3. The predicted molar refractivity (Wildman–Crippen MR) is 83.8 cm³/mol. The van der Waals surface area contributed by atoms with Gasteiger partial charge in [0.1, 0.15) is 0 Å². The van der Waals surface area contributed by atoms with Crippen molar-refractivity contribution in [2.45, 2.75) is 33.9 Å². The van der Waals surface area contributed by atoms with Crippen LogP contribution in [0.3, 0.4) is 0 Å². The zero-order chi connectivity index (χ0) is 15.3. The summed E-state index contributed by atoms with van der Waals surface area (Å²) in [6.07, 6.45) is 0. The number of nitrogens with zero attached hydrogens (tertiary/aromatic N) is 1. The maximum absolute atomic E-state index is 11.8. The van der Waals surface area contributed by atoms with Gasteiger partial charge in [-0.25, -0.2) is 0 Å². The Kier molecular flexibility index (Phi) is 5.37. The molecule has 0 aromatic heterocycles. The number of ether oxygens (including phenoxy) is 1. The fourth-order valence-electron chi connectivity index (χ4n) is 2.23. The highest BCUT2D eigenvalue weighted by Crippen LogP contribution is 2.13. The van der Waals surface area contributed by atoms with E-state index in [1.165, 1.54) is 5.56 Å². The summed E-state index contributed by atoms with van der Waals surface area (Å²) in [7, 11) is 0. The first-order valence-corrected chi connectivity index (χ1v) is 7.61. The second-order valence-electron chi connectivity index (χ2n) is 6.64. The molecule has 1 amide bonds. The van der Waals surface area contributed by atoms with Crippen LogP contribution in [0.2, 0.25) is 0 Å². The Bertz CT molecular complexity index is 457. The van der Waals surface area contributed by atoms with Gasteiger partial charge in [-0.3, -0.25) is 9.69 Å². The van der Waals surface area contributed by atoms with Crippen molar-refractivity contribution in [1.29, 1.82) is 0 Å². The van der Waals surface area contributed by atoms with E-state index in [-0.39, 0.29) is 11.3 Å². The number of nitrogens with one attached hydrogen (secondary N) is 1. The number of carbonyl (C=O) groups excluding carboxylic acids is 1. The molecule has 1 aromatic carbocycles. The number of benzene rings is 1. The molecule has 1 aliphatic heterocycles. The third-order valence-electron chi connectivity index (χ3n) is 3.67. The van der Waals surface area contributed by atoms with Gasteiger partial charge in [0.15, 0.2) is 0 Å². The molecule has 4 nitrogen and oxygen atoms in total. The van der Waals surface area contributed by atoms with Gasteiger partial charge >= 0.3 is 0 Å². The minimum atomic E-state index is -0.337. The van der Waals surface area contributed by atoms with E-state index in [4.69, 9.17) is 4.74 Å². The molecule has 0 aliphatic carbocycles. The Hall–Kier alpha value is -1.39. The molecule has 0 unspecified atom stereocenters. The maximum atomic E-state index is 11.8. The largest absolute Gasteiger partial charge is 0.379 e. The summed E-state index contributed by atoms with van der Waals surface area (Å²) in [5, 5.41) is 2.97. The zero-order valence-electron chi connectivity index (χ0n) is 13.3. The van der Waals surface area contributed by atoms with Crippen LogP contribution in [-0.4, -0.2) is 37.1 Å². The molecule has 1 heterocycles. The highest BCUT2D eigenvalue weighted by atomic mass is 16.5. The first kappa shape index (κ1) is 16.0. The lowest BCUT2D eigenvalue weighted by molar-refractivity contribution is -0.128. The Labute approximate surface area is 127 Å². The van der Waals surface area contributed by atoms with Gasteiger partial charge in [-0.2, -0.15) is 0 Å². The van der Waals surface area contributed by atoms with Crippen LogP contribution >= 0.6 is 0 Å². The average molecular weight is 290 g/mol. The smallest absolute Gasteiger partial charge is 0.225 e.